The Morgan fingerprint density at radius 1 is 1.07 bits per heavy atom. The van der Waals surface area contributed by atoms with E-state index >= 15 is 0 Å². The van der Waals surface area contributed by atoms with Crippen LogP contribution in [0, 0.1) is 0 Å². The summed E-state index contributed by atoms with van der Waals surface area (Å²) in [5, 5.41) is 2.81. The minimum atomic E-state index is -3.71. The molecule has 2 aromatic rings. The van der Waals surface area contributed by atoms with E-state index in [9.17, 15) is 13.2 Å². The van der Waals surface area contributed by atoms with Crippen molar-refractivity contribution < 1.29 is 22.7 Å². The molecule has 0 unspecified atom stereocenters. The number of carbonyl (C=O) groups excluding carboxylic acids is 1. The van der Waals surface area contributed by atoms with E-state index < -0.39 is 22.0 Å². The fourth-order valence-corrected chi connectivity index (χ4v) is 4.27. The Hall–Kier alpha value is -2.74. The number of amides is 1. The van der Waals surface area contributed by atoms with E-state index in [2.05, 4.69) is 5.32 Å². The van der Waals surface area contributed by atoms with E-state index in [0.717, 1.165) is 10.6 Å². The lowest BCUT2D eigenvalue weighted by molar-refractivity contribution is -0.117. The highest BCUT2D eigenvalue weighted by Gasteiger charge is 2.31. The minimum Gasteiger partial charge on any atom is -0.494 e. The van der Waals surface area contributed by atoms with Crippen LogP contribution < -0.4 is 19.1 Å². The molecule has 0 aliphatic carbocycles. The quantitative estimate of drug-likeness (QED) is 0.610. The Balaban J connectivity index is 2.29. The van der Waals surface area contributed by atoms with Gasteiger partial charge in [-0.25, -0.2) is 8.42 Å². The third kappa shape index (κ3) is 6.38. The summed E-state index contributed by atoms with van der Waals surface area (Å²) in [5.74, 6) is 0.843. The molecular formula is C22H30N2O5S. The maximum atomic E-state index is 13.0. The van der Waals surface area contributed by atoms with E-state index in [1.54, 1.807) is 55.5 Å². The smallest absolute Gasteiger partial charge is 0.248 e. The lowest BCUT2D eigenvalue weighted by atomic mass is 10.1. The van der Waals surface area contributed by atoms with Crippen LogP contribution in [-0.4, -0.2) is 39.3 Å². The highest BCUT2D eigenvalue weighted by Crippen LogP contribution is 2.26. The van der Waals surface area contributed by atoms with Crippen molar-refractivity contribution in [1.82, 2.24) is 0 Å². The zero-order valence-corrected chi connectivity index (χ0v) is 18.9. The van der Waals surface area contributed by atoms with Gasteiger partial charge in [0.05, 0.1) is 24.7 Å². The molecule has 0 bridgehead atoms. The molecule has 0 saturated heterocycles. The molecule has 8 heteroatoms. The maximum Gasteiger partial charge on any atom is 0.248 e. The lowest BCUT2D eigenvalue weighted by Crippen LogP contribution is -2.47. The van der Waals surface area contributed by atoms with Gasteiger partial charge in [-0.3, -0.25) is 9.10 Å². The Labute approximate surface area is 179 Å². The van der Waals surface area contributed by atoms with Crippen molar-refractivity contribution in [1.29, 1.82) is 0 Å². The molecule has 2 aromatic carbocycles. The molecule has 0 spiro atoms. The number of ether oxygens (including phenoxy) is 2. The molecule has 1 amide bonds. The average Bonchev–Trinajstić information content (AvgIpc) is 2.66. The molecule has 0 aliphatic heterocycles. The molecule has 0 heterocycles. The third-order valence-corrected chi connectivity index (χ3v) is 5.39. The fourth-order valence-electron chi connectivity index (χ4n) is 3.06. The summed E-state index contributed by atoms with van der Waals surface area (Å²) in [4.78, 5) is 13.0. The monoisotopic (exact) mass is 434 g/mol. The molecule has 0 aromatic heterocycles. The van der Waals surface area contributed by atoms with Crippen LogP contribution in [-0.2, 0) is 14.8 Å². The van der Waals surface area contributed by atoms with Crippen molar-refractivity contribution in [3.8, 4) is 11.5 Å². The zero-order valence-electron chi connectivity index (χ0n) is 18.1. The summed E-state index contributed by atoms with van der Waals surface area (Å²) in [5.41, 5.74) is 0.941. The Kier molecular flexibility index (Phi) is 8.11. The van der Waals surface area contributed by atoms with E-state index in [1.807, 2.05) is 20.8 Å². The summed E-state index contributed by atoms with van der Waals surface area (Å²) in [6, 6.07) is 12.8. The normalized spacial score (nSPS) is 12.3. The van der Waals surface area contributed by atoms with Gasteiger partial charge in [0.25, 0.3) is 0 Å². The fraction of sp³-hybridized carbons (Fsp3) is 0.409. The first-order valence-electron chi connectivity index (χ1n) is 9.95. The first-order chi connectivity index (χ1) is 14.2. The Morgan fingerprint density at radius 3 is 2.27 bits per heavy atom. The number of sulfonamides is 1. The van der Waals surface area contributed by atoms with Crippen molar-refractivity contribution in [2.24, 2.45) is 0 Å². The van der Waals surface area contributed by atoms with Gasteiger partial charge in [-0.15, -0.1) is 0 Å². The second-order valence-corrected chi connectivity index (χ2v) is 8.95. The van der Waals surface area contributed by atoms with Gasteiger partial charge in [-0.1, -0.05) is 13.0 Å². The SMILES string of the molecule is CCOc1ccc(N([C@@H](CC)C(=O)Nc2cccc(OC(C)C)c2)S(C)(=O)=O)cc1. The molecule has 2 rings (SSSR count). The predicted molar refractivity (Wildman–Crippen MR) is 120 cm³/mol. The van der Waals surface area contributed by atoms with Gasteiger partial charge in [-0.05, 0) is 63.6 Å². The number of hydrogen-bond acceptors (Lipinski definition) is 5. The number of rotatable bonds is 10. The lowest BCUT2D eigenvalue weighted by Gasteiger charge is -2.30. The van der Waals surface area contributed by atoms with Gasteiger partial charge in [0.2, 0.25) is 15.9 Å². The third-order valence-electron chi connectivity index (χ3n) is 4.21. The summed E-state index contributed by atoms with van der Waals surface area (Å²) in [7, 11) is -3.71. The summed E-state index contributed by atoms with van der Waals surface area (Å²) >= 11 is 0. The summed E-state index contributed by atoms with van der Waals surface area (Å²) < 4.78 is 37.4. The van der Waals surface area contributed by atoms with Crippen molar-refractivity contribution in [3.63, 3.8) is 0 Å². The summed E-state index contributed by atoms with van der Waals surface area (Å²) in [6.07, 6.45) is 1.39. The van der Waals surface area contributed by atoms with Gasteiger partial charge in [0.15, 0.2) is 0 Å². The highest BCUT2D eigenvalue weighted by atomic mass is 32.2. The molecule has 7 nitrogen and oxygen atoms in total. The second-order valence-electron chi connectivity index (χ2n) is 7.09. The molecule has 0 fully saturated rings. The van der Waals surface area contributed by atoms with Crippen LogP contribution >= 0.6 is 0 Å². The molecule has 1 atom stereocenters. The Bertz CT molecular complexity index is 942. The summed E-state index contributed by atoms with van der Waals surface area (Å²) in [6.45, 7) is 7.98. The van der Waals surface area contributed by atoms with Crippen molar-refractivity contribution >= 4 is 27.3 Å². The van der Waals surface area contributed by atoms with E-state index in [4.69, 9.17) is 9.47 Å². The van der Waals surface area contributed by atoms with Crippen LogP contribution in [0.5, 0.6) is 11.5 Å². The first-order valence-corrected chi connectivity index (χ1v) is 11.8. The maximum absolute atomic E-state index is 13.0. The average molecular weight is 435 g/mol. The van der Waals surface area contributed by atoms with Gasteiger partial charge < -0.3 is 14.8 Å². The molecule has 0 saturated carbocycles. The van der Waals surface area contributed by atoms with Crippen LogP contribution in [0.3, 0.4) is 0 Å². The molecule has 1 N–H and O–H groups in total. The van der Waals surface area contributed by atoms with Gasteiger partial charge in [-0.2, -0.15) is 0 Å². The highest BCUT2D eigenvalue weighted by molar-refractivity contribution is 7.92. The van der Waals surface area contributed by atoms with Crippen LogP contribution in [0.1, 0.15) is 34.1 Å². The standard InChI is InChI=1S/C22H30N2O5S/c1-6-21(22(25)23-17-9-8-10-20(15-17)29-16(3)4)24(30(5,26)27)18-11-13-19(14-12-18)28-7-2/h8-16,21H,6-7H2,1-5H3,(H,23,25)/t21-/m0/s1. The number of carbonyl (C=O) groups is 1. The van der Waals surface area contributed by atoms with E-state index in [1.165, 1.54) is 0 Å². The molecule has 0 aliphatic rings. The number of nitrogens with zero attached hydrogens (tertiary/aromatic N) is 1. The number of hydrogen-bond donors (Lipinski definition) is 1. The van der Waals surface area contributed by atoms with Crippen molar-refractivity contribution in [2.75, 3.05) is 22.5 Å². The molecule has 30 heavy (non-hydrogen) atoms. The zero-order chi connectivity index (χ0) is 22.3. The number of benzene rings is 2. The van der Waals surface area contributed by atoms with E-state index in [-0.39, 0.29) is 6.10 Å². The van der Waals surface area contributed by atoms with Gasteiger partial charge in [0.1, 0.15) is 17.5 Å². The number of anilines is 2. The Morgan fingerprint density at radius 2 is 1.73 bits per heavy atom. The van der Waals surface area contributed by atoms with Crippen molar-refractivity contribution in [3.05, 3.63) is 48.5 Å². The topological polar surface area (TPSA) is 84.9 Å². The van der Waals surface area contributed by atoms with Gasteiger partial charge >= 0.3 is 0 Å². The van der Waals surface area contributed by atoms with E-state index in [0.29, 0.717) is 35.9 Å². The van der Waals surface area contributed by atoms with Gasteiger partial charge in [0, 0.05) is 11.8 Å². The predicted octanol–water partition coefficient (Wildman–Crippen LogP) is 4.06. The largest absolute Gasteiger partial charge is 0.494 e. The molecular weight excluding hydrogens is 404 g/mol. The molecule has 164 valence electrons. The molecule has 0 radical (unpaired) electrons. The van der Waals surface area contributed by atoms with Crippen LogP contribution in [0.25, 0.3) is 0 Å². The first kappa shape index (κ1) is 23.5. The van der Waals surface area contributed by atoms with Crippen LogP contribution in [0.15, 0.2) is 48.5 Å². The van der Waals surface area contributed by atoms with Crippen LogP contribution in [0.4, 0.5) is 11.4 Å². The second kappa shape index (κ2) is 10.3. The minimum absolute atomic E-state index is 0.000253. The van der Waals surface area contributed by atoms with Crippen molar-refractivity contribution in [2.45, 2.75) is 46.3 Å². The number of nitrogens with one attached hydrogen (secondary N) is 1. The van der Waals surface area contributed by atoms with Crippen LogP contribution in [0.2, 0.25) is 0 Å².